The number of halogens is 6. The van der Waals surface area contributed by atoms with E-state index in [9.17, 15) is 29.4 Å². The third-order valence-corrected chi connectivity index (χ3v) is 11.7. The van der Waals surface area contributed by atoms with Crippen LogP contribution in [0.2, 0.25) is 0 Å². The Labute approximate surface area is 345 Å². The van der Waals surface area contributed by atoms with E-state index in [4.69, 9.17) is 103 Å². The van der Waals surface area contributed by atoms with Gasteiger partial charge in [-0.2, -0.15) is 0 Å². The minimum Gasteiger partial charge on any atom is -0.455 e. The van der Waals surface area contributed by atoms with E-state index in [0.717, 1.165) is 6.92 Å². The molecule has 1 saturated heterocycles. The molecule has 9 unspecified atom stereocenters. The van der Waals surface area contributed by atoms with Gasteiger partial charge in [0, 0.05) is 25.2 Å². The maximum absolute atomic E-state index is 15.6. The van der Waals surface area contributed by atoms with Gasteiger partial charge in [-0.05, 0) is 37.1 Å². The molecule has 0 aromatic heterocycles. The molecular formula is C35H38Cl6O14. The highest BCUT2D eigenvalue weighted by Gasteiger charge is 2.79. The van der Waals surface area contributed by atoms with Crippen LogP contribution in [0.4, 0.5) is 9.59 Å². The Morgan fingerprint density at radius 1 is 0.909 bits per heavy atom. The molecule has 0 radical (unpaired) electrons. The first kappa shape index (κ1) is 43.8. The maximum Gasteiger partial charge on any atom is 0.509 e. The summed E-state index contributed by atoms with van der Waals surface area (Å²) in [5.74, 6) is -4.48. The largest absolute Gasteiger partial charge is 0.509 e. The number of esters is 2. The lowest BCUT2D eigenvalue weighted by molar-refractivity contribution is -0.346. The van der Waals surface area contributed by atoms with Crippen molar-refractivity contribution in [3.05, 3.63) is 47.0 Å². The van der Waals surface area contributed by atoms with Crippen molar-refractivity contribution in [3.8, 4) is 0 Å². The fourth-order valence-electron chi connectivity index (χ4n) is 8.45. The van der Waals surface area contributed by atoms with Gasteiger partial charge in [0.25, 0.3) is 0 Å². The Kier molecular flexibility index (Phi) is 12.3. The number of hydrogen-bond acceptors (Lipinski definition) is 14. The molecule has 3 fully saturated rings. The molecule has 1 aromatic rings. The Balaban J connectivity index is 1.80. The Morgan fingerprint density at radius 3 is 1.98 bits per heavy atom. The van der Waals surface area contributed by atoms with E-state index >= 15 is 4.79 Å². The number of benzene rings is 1. The number of aliphatic hydroxyl groups is 2. The monoisotopic (exact) mass is 892 g/mol. The summed E-state index contributed by atoms with van der Waals surface area (Å²) < 4.78 is 35.6. The smallest absolute Gasteiger partial charge is 0.455 e. The predicted octanol–water partition coefficient (Wildman–Crippen LogP) is 6.14. The molecule has 2 N–H and O–H groups in total. The molecule has 2 saturated carbocycles. The number of Topliss-reactive ketones (excluding diaryl/α,β-unsaturated/α-hetero) is 1. The van der Waals surface area contributed by atoms with Gasteiger partial charge in [0.05, 0.1) is 29.6 Å². The lowest BCUT2D eigenvalue weighted by atomic mass is 9.44. The first-order chi connectivity index (χ1) is 25.3. The van der Waals surface area contributed by atoms with Crippen molar-refractivity contribution in [1.29, 1.82) is 0 Å². The van der Waals surface area contributed by atoms with E-state index < -0.39 is 116 Å². The minimum absolute atomic E-state index is 0.0436. The number of alkyl halides is 6. The number of rotatable bonds is 7. The summed E-state index contributed by atoms with van der Waals surface area (Å²) in [5, 5.41) is 24.8. The molecule has 14 nitrogen and oxygen atoms in total. The van der Waals surface area contributed by atoms with E-state index in [1.54, 1.807) is 18.2 Å². The van der Waals surface area contributed by atoms with Gasteiger partial charge in [0.2, 0.25) is 7.59 Å². The Bertz CT molecular complexity index is 1740. The predicted molar refractivity (Wildman–Crippen MR) is 196 cm³/mol. The maximum atomic E-state index is 15.6. The summed E-state index contributed by atoms with van der Waals surface area (Å²) in [7, 11) is 0. The fourth-order valence-corrected chi connectivity index (χ4v) is 8.78. The topological polar surface area (TPSA) is 190 Å². The van der Waals surface area contributed by atoms with Gasteiger partial charge in [0.15, 0.2) is 17.5 Å². The molecule has 0 amide bonds. The van der Waals surface area contributed by atoms with Crippen LogP contribution in [0.1, 0.15) is 57.8 Å². The van der Waals surface area contributed by atoms with E-state index in [-0.39, 0.29) is 29.7 Å². The molecule has 5 rings (SSSR count). The van der Waals surface area contributed by atoms with Gasteiger partial charge < -0.3 is 43.4 Å². The summed E-state index contributed by atoms with van der Waals surface area (Å²) in [6, 6.07) is 7.71. The van der Waals surface area contributed by atoms with E-state index in [1.165, 1.54) is 39.8 Å². The van der Waals surface area contributed by atoms with Gasteiger partial charge in [-0.15, -0.1) is 0 Å². The van der Waals surface area contributed by atoms with Crippen LogP contribution in [0.15, 0.2) is 41.5 Å². The normalized spacial score (nSPS) is 34.0. The average molecular weight is 895 g/mol. The first-order valence-electron chi connectivity index (χ1n) is 16.8. The zero-order valence-corrected chi connectivity index (χ0v) is 34.5. The summed E-state index contributed by atoms with van der Waals surface area (Å²) >= 11 is 34.7. The molecule has 55 heavy (non-hydrogen) atoms. The van der Waals surface area contributed by atoms with Crippen LogP contribution in [0.3, 0.4) is 0 Å². The molecule has 1 aromatic carbocycles. The number of carbonyl (C=O) groups is 5. The molecule has 304 valence electrons. The second kappa shape index (κ2) is 15.5. The van der Waals surface area contributed by atoms with Crippen molar-refractivity contribution in [3.63, 3.8) is 0 Å². The quantitative estimate of drug-likeness (QED) is 0.137. The molecule has 9 atom stereocenters. The van der Waals surface area contributed by atoms with Crippen molar-refractivity contribution < 1.29 is 67.3 Å². The lowest BCUT2D eigenvalue weighted by Crippen LogP contribution is -2.82. The second-order valence-corrected chi connectivity index (χ2v) is 19.7. The molecule has 3 aliphatic carbocycles. The van der Waals surface area contributed by atoms with Crippen LogP contribution >= 0.6 is 69.6 Å². The zero-order valence-electron chi connectivity index (χ0n) is 29.9. The highest BCUT2D eigenvalue weighted by molar-refractivity contribution is 6.68. The molecule has 2 bridgehead atoms. The molecule has 1 aliphatic heterocycles. The summed E-state index contributed by atoms with van der Waals surface area (Å²) in [4.78, 5) is 69.2. The van der Waals surface area contributed by atoms with Crippen molar-refractivity contribution in [2.45, 2.75) is 96.8 Å². The number of fused-ring (bicyclic) bond motifs is 5. The third-order valence-electron chi connectivity index (χ3n) is 11.1. The number of hydrogen-bond donors (Lipinski definition) is 2. The average Bonchev–Trinajstić information content (AvgIpc) is 3.07. The van der Waals surface area contributed by atoms with Crippen molar-refractivity contribution >= 4 is 99.6 Å². The van der Waals surface area contributed by atoms with Crippen molar-refractivity contribution in [1.82, 2.24) is 0 Å². The van der Waals surface area contributed by atoms with Crippen LogP contribution in [-0.4, -0.2) is 109 Å². The SMILES string of the molecule is CC(=O)OC12COC1CC(OC(=O)OCC(Cl)(Cl)Cl)C1(C)C(=O)C(OC(=O)OCC(Cl)(Cl)Cl)C3=C(C)C(O)CC(O)(C(OC(=O)c4ccccc4)C21)C3(C)C. The molecule has 0 spiro atoms. The van der Waals surface area contributed by atoms with Gasteiger partial charge in [-0.3, -0.25) is 9.59 Å². The number of carbonyl (C=O) groups excluding carboxylic acids is 5. The number of ether oxygens (including phenoxy) is 7. The molecule has 4 aliphatic rings. The number of ketones is 1. The third kappa shape index (κ3) is 8.22. The van der Waals surface area contributed by atoms with Crippen LogP contribution < -0.4 is 0 Å². The molecular weight excluding hydrogens is 857 g/mol. The molecule has 20 heteroatoms. The van der Waals surface area contributed by atoms with Crippen LogP contribution in [0.5, 0.6) is 0 Å². The standard InChI is InChI=1S/C35H38Cl6O14/c1-16-19(43)12-33(48)26(54-27(45)18-9-7-6-8-10-18)24-31(5,25(44)23(22(16)30(33,3)4)53-29(47)51-15-35(39,40)41)20(52-28(46)50-14-34(36,37)38)11-21-32(24,13-49-21)55-17(2)42/h6-10,19-21,23-24,26,43,48H,11-15H2,1-5H3. The van der Waals surface area contributed by atoms with Gasteiger partial charge in [0.1, 0.15) is 37.1 Å². The van der Waals surface area contributed by atoms with E-state index in [2.05, 4.69) is 0 Å². The zero-order chi connectivity index (χ0) is 41.1. The highest BCUT2D eigenvalue weighted by atomic mass is 35.6. The second-order valence-electron chi connectivity index (χ2n) is 14.7. The highest BCUT2D eigenvalue weighted by Crippen LogP contribution is 2.64. The van der Waals surface area contributed by atoms with Crippen LogP contribution in [0, 0.1) is 16.7 Å². The molecule has 1 heterocycles. The van der Waals surface area contributed by atoms with Crippen molar-refractivity contribution in [2.75, 3.05) is 19.8 Å². The first-order valence-corrected chi connectivity index (χ1v) is 19.1. The minimum atomic E-state index is -2.37. The lowest BCUT2D eigenvalue weighted by Gasteiger charge is -2.67. The summed E-state index contributed by atoms with van der Waals surface area (Å²) in [5.41, 5.74) is -8.11. The van der Waals surface area contributed by atoms with Crippen LogP contribution in [-0.2, 0) is 42.7 Å². The van der Waals surface area contributed by atoms with Gasteiger partial charge in [-0.1, -0.05) is 102 Å². The van der Waals surface area contributed by atoms with Crippen molar-refractivity contribution in [2.24, 2.45) is 16.7 Å². The van der Waals surface area contributed by atoms with E-state index in [1.807, 2.05) is 0 Å². The summed E-state index contributed by atoms with van der Waals surface area (Å²) in [6.07, 6.45) is -11.9. The number of aliphatic hydroxyl groups excluding tert-OH is 1. The Hall–Kier alpha value is -2.27. The van der Waals surface area contributed by atoms with Gasteiger partial charge >= 0.3 is 24.2 Å². The fraction of sp³-hybridized carbons (Fsp3) is 0.629. The summed E-state index contributed by atoms with van der Waals surface area (Å²) in [6.45, 7) is 4.91. The van der Waals surface area contributed by atoms with E-state index in [0.29, 0.717) is 0 Å². The Morgan fingerprint density at radius 2 is 1.47 bits per heavy atom. The van der Waals surface area contributed by atoms with Crippen LogP contribution in [0.25, 0.3) is 0 Å². The van der Waals surface area contributed by atoms with Gasteiger partial charge in [-0.25, -0.2) is 14.4 Å².